The number of carbonyl (C=O) groups is 1. The van der Waals surface area contributed by atoms with Gasteiger partial charge in [0.1, 0.15) is 5.75 Å². The molecule has 7 nitrogen and oxygen atoms in total. The number of hydrazone groups is 1. The van der Waals surface area contributed by atoms with Gasteiger partial charge < -0.3 is 14.2 Å². The predicted octanol–water partition coefficient (Wildman–Crippen LogP) is 5.01. The zero-order valence-corrected chi connectivity index (χ0v) is 18.2. The molecular weight excluding hydrogens is 430 g/mol. The number of amidine groups is 1. The Morgan fingerprint density at radius 3 is 2.38 bits per heavy atom. The van der Waals surface area contributed by atoms with E-state index in [1.807, 2.05) is 64.5 Å². The summed E-state index contributed by atoms with van der Waals surface area (Å²) < 4.78 is 16.4. The fourth-order valence-corrected chi connectivity index (χ4v) is 3.96. The topological polar surface area (TPSA) is 63.6 Å². The Bertz CT molecular complexity index is 1190. The van der Waals surface area contributed by atoms with Crippen molar-refractivity contribution in [1.29, 1.82) is 0 Å². The zero-order valence-electron chi connectivity index (χ0n) is 17.5. The van der Waals surface area contributed by atoms with Gasteiger partial charge in [0.05, 0.1) is 12.8 Å². The number of ether oxygens (including phenoxy) is 3. The number of nitrogens with zero attached hydrogens (tertiary/aromatic N) is 3. The Morgan fingerprint density at radius 1 is 1.00 bits per heavy atom. The molecule has 0 saturated heterocycles. The van der Waals surface area contributed by atoms with Crippen molar-refractivity contribution < 1.29 is 19.0 Å². The van der Waals surface area contributed by atoms with E-state index in [2.05, 4.69) is 0 Å². The van der Waals surface area contributed by atoms with Crippen LogP contribution in [0.4, 0.5) is 11.4 Å². The second-order valence-corrected chi connectivity index (χ2v) is 7.79. The fraction of sp³-hybridized carbons (Fsp3) is 0.167. The molecule has 2 aliphatic heterocycles. The van der Waals surface area contributed by atoms with Crippen molar-refractivity contribution in [2.75, 3.05) is 23.8 Å². The van der Waals surface area contributed by atoms with Crippen LogP contribution in [-0.2, 0) is 4.79 Å². The maximum Gasteiger partial charge on any atom is 0.231 e. The molecule has 3 aromatic carbocycles. The van der Waals surface area contributed by atoms with Gasteiger partial charge in [0.2, 0.25) is 6.79 Å². The van der Waals surface area contributed by atoms with Gasteiger partial charge in [-0.2, -0.15) is 0 Å². The van der Waals surface area contributed by atoms with Crippen LogP contribution in [0.15, 0.2) is 71.8 Å². The average Bonchev–Trinajstić information content (AvgIpc) is 3.44. The molecule has 0 aliphatic carbocycles. The van der Waals surface area contributed by atoms with Crippen LogP contribution in [0.3, 0.4) is 0 Å². The molecule has 0 spiro atoms. The maximum absolute atomic E-state index is 12.7. The largest absolute Gasteiger partial charge is 0.497 e. The lowest BCUT2D eigenvalue weighted by molar-refractivity contribution is -0.111. The first-order chi connectivity index (χ1) is 15.5. The van der Waals surface area contributed by atoms with Gasteiger partial charge in [-0.05, 0) is 60.7 Å². The average molecular weight is 450 g/mol. The number of halogens is 1. The third-order valence-electron chi connectivity index (χ3n) is 5.36. The van der Waals surface area contributed by atoms with Gasteiger partial charge in [0.25, 0.3) is 0 Å². The molecule has 0 N–H and O–H groups in total. The van der Waals surface area contributed by atoms with Crippen molar-refractivity contribution >= 4 is 34.6 Å². The quantitative estimate of drug-likeness (QED) is 0.546. The zero-order chi connectivity index (χ0) is 22.2. The molecule has 162 valence electrons. The van der Waals surface area contributed by atoms with Gasteiger partial charge in [-0.15, -0.1) is 5.10 Å². The first kappa shape index (κ1) is 20.2. The Morgan fingerprint density at radius 2 is 1.69 bits per heavy atom. The van der Waals surface area contributed by atoms with Crippen LogP contribution in [-0.4, -0.2) is 25.5 Å². The summed E-state index contributed by atoms with van der Waals surface area (Å²) in [6.07, 6.45) is -0.432. The van der Waals surface area contributed by atoms with Crippen LogP contribution >= 0.6 is 11.6 Å². The van der Waals surface area contributed by atoms with E-state index < -0.39 is 6.17 Å². The van der Waals surface area contributed by atoms with Crippen LogP contribution in [0, 0.1) is 0 Å². The molecule has 2 aliphatic rings. The minimum Gasteiger partial charge on any atom is -0.497 e. The Kier molecular flexibility index (Phi) is 5.11. The number of hydrogen-bond acceptors (Lipinski definition) is 7. The molecule has 32 heavy (non-hydrogen) atoms. The second-order valence-electron chi connectivity index (χ2n) is 7.36. The van der Waals surface area contributed by atoms with Crippen LogP contribution < -0.4 is 24.1 Å². The summed E-state index contributed by atoms with van der Waals surface area (Å²) in [6.45, 7) is 1.69. The number of hydrogen-bond donors (Lipinski definition) is 0. The molecule has 0 bridgehead atoms. The van der Waals surface area contributed by atoms with Crippen molar-refractivity contribution in [3.05, 3.63) is 77.3 Å². The molecule has 2 heterocycles. The summed E-state index contributed by atoms with van der Waals surface area (Å²) in [5.41, 5.74) is 2.49. The molecular formula is C24H20ClN3O4. The fourth-order valence-electron chi connectivity index (χ4n) is 3.83. The molecule has 1 atom stereocenters. The standard InChI is InChI=1S/C24H20ClN3O4/c1-15(29)23-26-28(19-6-4-17(25)5-7-19)24(16-3-12-21-22(13-16)32-14-31-21)27(23)18-8-10-20(30-2)11-9-18/h3-13,24H,14H2,1-2H3. The molecule has 0 aromatic heterocycles. The van der Waals surface area contributed by atoms with Crippen molar-refractivity contribution in [3.63, 3.8) is 0 Å². The third-order valence-corrected chi connectivity index (χ3v) is 5.61. The second kappa shape index (κ2) is 8.09. The van der Waals surface area contributed by atoms with Gasteiger partial charge in [-0.25, -0.2) is 5.01 Å². The van der Waals surface area contributed by atoms with Crippen LogP contribution in [0.1, 0.15) is 18.7 Å². The third kappa shape index (κ3) is 3.50. The minimum absolute atomic E-state index is 0.150. The molecule has 0 saturated carbocycles. The number of methoxy groups -OCH3 is 1. The number of fused-ring (bicyclic) bond motifs is 1. The van der Waals surface area contributed by atoms with E-state index in [-0.39, 0.29) is 12.6 Å². The van der Waals surface area contributed by atoms with Crippen LogP contribution in [0.25, 0.3) is 0 Å². The number of benzene rings is 3. The normalized spacial score (nSPS) is 16.8. The lowest BCUT2D eigenvalue weighted by atomic mass is 10.1. The molecule has 1 unspecified atom stereocenters. The highest BCUT2D eigenvalue weighted by atomic mass is 35.5. The lowest BCUT2D eigenvalue weighted by Gasteiger charge is -2.32. The number of Topliss-reactive ketones (excluding diaryl/α,β-unsaturated/α-hetero) is 1. The van der Waals surface area contributed by atoms with E-state index >= 15 is 0 Å². The molecule has 3 aromatic rings. The summed E-state index contributed by atoms with van der Waals surface area (Å²) in [5.74, 6) is 2.25. The van der Waals surface area contributed by atoms with E-state index in [1.165, 1.54) is 6.92 Å². The Balaban J connectivity index is 1.66. The number of ketones is 1. The predicted molar refractivity (Wildman–Crippen MR) is 123 cm³/mol. The van der Waals surface area contributed by atoms with Gasteiger partial charge >= 0.3 is 0 Å². The highest BCUT2D eigenvalue weighted by Gasteiger charge is 2.39. The monoisotopic (exact) mass is 449 g/mol. The van der Waals surface area contributed by atoms with Crippen molar-refractivity contribution in [1.82, 2.24) is 0 Å². The number of rotatable bonds is 5. The van der Waals surface area contributed by atoms with E-state index in [1.54, 1.807) is 19.2 Å². The smallest absolute Gasteiger partial charge is 0.231 e. The van der Waals surface area contributed by atoms with Gasteiger partial charge in [0.15, 0.2) is 29.3 Å². The number of anilines is 2. The first-order valence-corrected chi connectivity index (χ1v) is 10.4. The van der Waals surface area contributed by atoms with Crippen molar-refractivity contribution in [3.8, 4) is 17.2 Å². The van der Waals surface area contributed by atoms with Gasteiger partial charge in [0, 0.05) is 23.2 Å². The van der Waals surface area contributed by atoms with E-state index in [0.717, 1.165) is 22.7 Å². The summed E-state index contributed by atoms with van der Waals surface area (Å²) in [5, 5.41) is 7.15. The van der Waals surface area contributed by atoms with Crippen molar-refractivity contribution in [2.45, 2.75) is 13.1 Å². The molecule has 0 radical (unpaired) electrons. The summed E-state index contributed by atoms with van der Waals surface area (Å²) in [4.78, 5) is 14.6. The molecule has 0 fully saturated rings. The summed E-state index contributed by atoms with van der Waals surface area (Å²) in [6, 6.07) is 20.6. The highest BCUT2D eigenvalue weighted by molar-refractivity contribution is 6.44. The summed E-state index contributed by atoms with van der Waals surface area (Å²) in [7, 11) is 1.62. The Labute approximate surface area is 190 Å². The van der Waals surface area contributed by atoms with Crippen LogP contribution in [0.2, 0.25) is 5.02 Å². The molecule has 8 heteroatoms. The van der Waals surface area contributed by atoms with Gasteiger partial charge in [-0.1, -0.05) is 17.7 Å². The SMILES string of the molecule is COc1ccc(N2C(C(C)=O)=NN(c3ccc(Cl)cc3)C2c2ccc3c(c2)OCO3)cc1. The summed E-state index contributed by atoms with van der Waals surface area (Å²) >= 11 is 6.11. The first-order valence-electron chi connectivity index (χ1n) is 10.0. The molecule has 5 rings (SSSR count). The van der Waals surface area contributed by atoms with Crippen molar-refractivity contribution in [2.24, 2.45) is 5.10 Å². The number of carbonyl (C=O) groups excluding carboxylic acids is 1. The molecule has 0 amide bonds. The maximum atomic E-state index is 12.7. The lowest BCUT2D eigenvalue weighted by Crippen LogP contribution is -2.37. The van der Waals surface area contributed by atoms with Crippen LogP contribution in [0.5, 0.6) is 17.2 Å². The highest BCUT2D eigenvalue weighted by Crippen LogP contribution is 2.42. The van der Waals surface area contributed by atoms with Gasteiger partial charge in [-0.3, -0.25) is 9.69 Å². The van der Waals surface area contributed by atoms with E-state index in [0.29, 0.717) is 22.4 Å². The minimum atomic E-state index is -0.432. The van der Waals surface area contributed by atoms with E-state index in [9.17, 15) is 4.79 Å². The van der Waals surface area contributed by atoms with E-state index in [4.69, 9.17) is 30.9 Å². The Hall–Kier alpha value is -3.71.